The molecule has 0 spiro atoms. The average Bonchev–Trinajstić information content (AvgIpc) is 2.60. The Morgan fingerprint density at radius 1 is 1.35 bits per heavy atom. The van der Waals surface area contributed by atoms with Gasteiger partial charge in [0.1, 0.15) is 0 Å². The fourth-order valence-electron chi connectivity index (χ4n) is 1.74. The zero-order valence-corrected chi connectivity index (χ0v) is 10.7. The molecule has 1 aliphatic heterocycles. The van der Waals surface area contributed by atoms with Gasteiger partial charge >= 0.3 is 5.97 Å². The normalized spacial score (nSPS) is 21.8. The maximum atomic E-state index is 11.7. The number of amides is 1. The minimum atomic E-state index is -0.731. The molecule has 2 atom stereocenters. The van der Waals surface area contributed by atoms with E-state index in [1.807, 2.05) is 13.8 Å². The number of ether oxygens (including phenoxy) is 1. The first-order valence-corrected chi connectivity index (χ1v) is 5.83. The monoisotopic (exact) mass is 241 g/mol. The molecule has 0 unspecified atom stereocenters. The van der Waals surface area contributed by atoms with E-state index in [-0.39, 0.29) is 24.2 Å². The number of hydrogen-bond acceptors (Lipinski definition) is 4. The van der Waals surface area contributed by atoms with E-state index in [2.05, 4.69) is 0 Å². The van der Waals surface area contributed by atoms with Crippen molar-refractivity contribution < 1.29 is 19.1 Å². The maximum Gasteiger partial charge on any atom is 0.311 e. The van der Waals surface area contributed by atoms with Crippen LogP contribution in [0.3, 0.4) is 0 Å². The predicted molar refractivity (Wildman–Crippen MR) is 61.2 cm³/mol. The second kappa shape index (κ2) is 5.29. The molecule has 1 fully saturated rings. The van der Waals surface area contributed by atoms with Crippen LogP contribution in [0.2, 0.25) is 0 Å². The fourth-order valence-corrected chi connectivity index (χ4v) is 1.74. The summed E-state index contributed by atoms with van der Waals surface area (Å²) in [4.78, 5) is 36.0. The number of hydrogen-bond donors (Lipinski definition) is 0. The molecule has 1 rings (SSSR count). The molecule has 1 amide bonds. The van der Waals surface area contributed by atoms with E-state index in [0.717, 1.165) is 0 Å². The Kier molecular flexibility index (Phi) is 4.26. The number of carbonyl (C=O) groups is 3. The fraction of sp³-hybridized carbons (Fsp3) is 0.750. The number of esters is 1. The van der Waals surface area contributed by atoms with E-state index < -0.39 is 18.0 Å². The number of nitrogens with zero attached hydrogens (tertiary/aromatic N) is 1. The molecule has 1 aliphatic rings. The lowest BCUT2D eigenvalue weighted by atomic mass is 10.1. The van der Waals surface area contributed by atoms with E-state index in [9.17, 15) is 14.4 Å². The number of Topliss-reactive ketones (excluding diaryl/α,β-unsaturated/α-hetero) is 1. The zero-order chi connectivity index (χ0) is 13.2. The zero-order valence-electron chi connectivity index (χ0n) is 10.7. The summed E-state index contributed by atoms with van der Waals surface area (Å²) in [7, 11) is 0. The molecule has 0 saturated carbocycles. The highest BCUT2D eigenvalue weighted by atomic mass is 16.5. The molecule has 5 nitrogen and oxygen atoms in total. The predicted octanol–water partition coefficient (Wildman–Crippen LogP) is 0.764. The Labute approximate surface area is 101 Å². The van der Waals surface area contributed by atoms with Crippen molar-refractivity contribution in [2.24, 2.45) is 5.92 Å². The van der Waals surface area contributed by atoms with Gasteiger partial charge in [-0.1, -0.05) is 0 Å². The molecule has 5 heteroatoms. The van der Waals surface area contributed by atoms with E-state index >= 15 is 0 Å². The Morgan fingerprint density at radius 2 is 1.94 bits per heavy atom. The van der Waals surface area contributed by atoms with Crippen molar-refractivity contribution in [3.05, 3.63) is 0 Å². The van der Waals surface area contributed by atoms with E-state index in [1.165, 1.54) is 13.8 Å². The van der Waals surface area contributed by atoms with Crippen LogP contribution < -0.4 is 0 Å². The Bertz CT molecular complexity index is 337. The van der Waals surface area contributed by atoms with Crippen LogP contribution in [0.4, 0.5) is 0 Å². The lowest BCUT2D eigenvalue weighted by molar-refractivity contribution is -0.157. The summed E-state index contributed by atoms with van der Waals surface area (Å²) in [6.45, 7) is 7.11. The summed E-state index contributed by atoms with van der Waals surface area (Å²) < 4.78 is 5.00. The van der Waals surface area contributed by atoms with Crippen molar-refractivity contribution in [1.82, 2.24) is 4.90 Å². The molecular weight excluding hydrogens is 222 g/mol. The molecule has 0 aromatic heterocycles. The average molecular weight is 241 g/mol. The highest BCUT2D eigenvalue weighted by Gasteiger charge is 2.37. The third-order valence-electron chi connectivity index (χ3n) is 2.98. The van der Waals surface area contributed by atoms with E-state index in [1.54, 1.807) is 4.90 Å². The highest BCUT2D eigenvalue weighted by molar-refractivity contribution is 5.88. The molecule has 0 N–H and O–H groups in total. The quantitative estimate of drug-likeness (QED) is 0.682. The van der Waals surface area contributed by atoms with Gasteiger partial charge in [0, 0.05) is 19.0 Å². The molecule has 1 heterocycles. The van der Waals surface area contributed by atoms with Crippen LogP contribution >= 0.6 is 0 Å². The molecule has 0 aromatic rings. The van der Waals surface area contributed by atoms with Crippen LogP contribution in [-0.2, 0) is 19.1 Å². The van der Waals surface area contributed by atoms with Crippen molar-refractivity contribution >= 4 is 17.7 Å². The molecule has 1 saturated heterocycles. The van der Waals surface area contributed by atoms with Gasteiger partial charge in [0.2, 0.25) is 5.91 Å². The Hall–Kier alpha value is -1.39. The van der Waals surface area contributed by atoms with E-state index in [4.69, 9.17) is 4.74 Å². The summed E-state index contributed by atoms with van der Waals surface area (Å²) in [6, 6.07) is 0.0885. The van der Waals surface area contributed by atoms with Crippen LogP contribution in [0.15, 0.2) is 0 Å². The van der Waals surface area contributed by atoms with Gasteiger partial charge in [-0.15, -0.1) is 0 Å². The van der Waals surface area contributed by atoms with Gasteiger partial charge in [-0.3, -0.25) is 14.4 Å². The van der Waals surface area contributed by atoms with Crippen LogP contribution in [0.5, 0.6) is 0 Å². The van der Waals surface area contributed by atoms with Crippen molar-refractivity contribution in [2.75, 3.05) is 6.54 Å². The third kappa shape index (κ3) is 3.28. The first-order chi connectivity index (χ1) is 7.82. The van der Waals surface area contributed by atoms with Gasteiger partial charge in [-0.2, -0.15) is 0 Å². The lowest BCUT2D eigenvalue weighted by Crippen LogP contribution is -2.33. The lowest BCUT2D eigenvalue weighted by Gasteiger charge is -2.20. The largest absolute Gasteiger partial charge is 0.454 e. The van der Waals surface area contributed by atoms with Gasteiger partial charge in [0.25, 0.3) is 0 Å². The summed E-state index contributed by atoms with van der Waals surface area (Å²) in [5.74, 6) is -1.11. The van der Waals surface area contributed by atoms with Gasteiger partial charge in [-0.05, 0) is 27.7 Å². The highest BCUT2D eigenvalue weighted by Crippen LogP contribution is 2.21. The van der Waals surface area contributed by atoms with Gasteiger partial charge in [-0.25, -0.2) is 0 Å². The van der Waals surface area contributed by atoms with Gasteiger partial charge in [0.05, 0.1) is 5.92 Å². The Morgan fingerprint density at radius 3 is 2.35 bits per heavy atom. The molecule has 0 aromatic carbocycles. The van der Waals surface area contributed by atoms with Crippen molar-refractivity contribution in [1.29, 1.82) is 0 Å². The standard InChI is InChI=1S/C12H19NO4/c1-7(2)13-6-10(5-11(13)15)12(16)17-9(4)8(3)14/h7,9-10H,5-6H2,1-4H3/t9-,10-/m0/s1. The summed E-state index contributed by atoms with van der Waals surface area (Å²) in [5, 5.41) is 0. The maximum absolute atomic E-state index is 11.7. The van der Waals surface area contributed by atoms with Crippen molar-refractivity contribution in [2.45, 2.75) is 46.3 Å². The number of likely N-dealkylation sites (tertiary alicyclic amines) is 1. The second-order valence-electron chi connectivity index (χ2n) is 4.73. The molecule has 0 bridgehead atoms. The van der Waals surface area contributed by atoms with Gasteiger partial charge < -0.3 is 9.64 Å². The summed E-state index contributed by atoms with van der Waals surface area (Å²) >= 11 is 0. The van der Waals surface area contributed by atoms with Crippen LogP contribution in [0.25, 0.3) is 0 Å². The first-order valence-electron chi connectivity index (χ1n) is 5.83. The van der Waals surface area contributed by atoms with Gasteiger partial charge in [0.15, 0.2) is 11.9 Å². The Balaban J connectivity index is 2.56. The number of ketones is 1. The molecule has 0 aliphatic carbocycles. The summed E-state index contributed by atoms with van der Waals surface area (Å²) in [6.07, 6.45) is -0.549. The van der Waals surface area contributed by atoms with Crippen molar-refractivity contribution in [3.8, 4) is 0 Å². The van der Waals surface area contributed by atoms with Crippen LogP contribution in [0, 0.1) is 5.92 Å². The number of rotatable bonds is 4. The van der Waals surface area contributed by atoms with Crippen molar-refractivity contribution in [3.63, 3.8) is 0 Å². The van der Waals surface area contributed by atoms with E-state index in [0.29, 0.717) is 6.54 Å². The number of carbonyl (C=O) groups excluding carboxylic acids is 3. The smallest absolute Gasteiger partial charge is 0.311 e. The molecule has 17 heavy (non-hydrogen) atoms. The van der Waals surface area contributed by atoms with Crippen LogP contribution in [0.1, 0.15) is 34.1 Å². The molecular formula is C12H19NO4. The topological polar surface area (TPSA) is 63.7 Å². The first kappa shape index (κ1) is 13.7. The molecule has 0 radical (unpaired) electrons. The SMILES string of the molecule is CC(=O)[C@H](C)OC(=O)[C@H]1CC(=O)N(C(C)C)C1. The molecule has 96 valence electrons. The second-order valence-corrected chi connectivity index (χ2v) is 4.73. The minimum absolute atomic E-state index is 0.0302. The minimum Gasteiger partial charge on any atom is -0.454 e. The third-order valence-corrected chi connectivity index (χ3v) is 2.98. The van der Waals surface area contributed by atoms with Crippen LogP contribution in [-0.4, -0.2) is 41.3 Å². The summed E-state index contributed by atoms with van der Waals surface area (Å²) in [5.41, 5.74) is 0.